The number of hydrogen-bond acceptors (Lipinski definition) is 8. The topological polar surface area (TPSA) is 159 Å². The van der Waals surface area contributed by atoms with Crippen LogP contribution in [0.2, 0.25) is 0 Å². The SMILES string of the molecule is O=C(COC1CC(CNc2ccccn2)N(C(=O)OCc2ccccc2)C1)NCC(NC(=O)c1cc(C(F)(F)F)cc(C(F)(F)F)c1)C(=O)O. The number of alkyl halides is 6. The zero-order chi connectivity index (χ0) is 36.5. The summed E-state index contributed by atoms with van der Waals surface area (Å²) in [5.41, 5.74) is -3.85. The van der Waals surface area contributed by atoms with Gasteiger partial charge < -0.3 is 35.4 Å². The molecule has 0 spiro atoms. The standard InChI is InChI=1S/C32H31F6N5O7/c33-31(34,35)21-10-20(11-22(12-21)32(36,37)38)28(45)42-25(29(46)47)15-41-27(44)18-49-24-13-23(14-40-26-8-4-5-9-39-26)43(16-24)30(48)50-17-19-6-2-1-3-7-19/h1-12,23-25H,13-18H2,(H,39,40)(H,41,44)(H,42,45)(H,46,47). The molecule has 1 aromatic heterocycles. The van der Waals surface area contributed by atoms with E-state index in [0.29, 0.717) is 5.82 Å². The number of halogens is 6. The Hall–Kier alpha value is -5.39. The zero-order valence-electron chi connectivity index (χ0n) is 26.0. The second-order valence-corrected chi connectivity index (χ2v) is 11.1. The van der Waals surface area contributed by atoms with Crippen molar-refractivity contribution in [1.29, 1.82) is 0 Å². The van der Waals surface area contributed by atoms with E-state index in [-0.39, 0.29) is 44.3 Å². The van der Waals surface area contributed by atoms with Crippen molar-refractivity contribution in [2.45, 2.75) is 43.6 Å². The Morgan fingerprint density at radius 1 is 0.940 bits per heavy atom. The fourth-order valence-electron chi connectivity index (χ4n) is 4.89. The third-order valence-electron chi connectivity index (χ3n) is 7.41. The molecule has 50 heavy (non-hydrogen) atoms. The molecule has 268 valence electrons. The lowest BCUT2D eigenvalue weighted by Gasteiger charge is -2.24. The highest BCUT2D eigenvalue weighted by Crippen LogP contribution is 2.36. The van der Waals surface area contributed by atoms with E-state index in [9.17, 15) is 50.6 Å². The van der Waals surface area contributed by atoms with Crippen LogP contribution in [-0.4, -0.2) is 83.3 Å². The minimum absolute atomic E-state index is 0.0169. The van der Waals surface area contributed by atoms with Crippen LogP contribution in [0.5, 0.6) is 0 Å². The summed E-state index contributed by atoms with van der Waals surface area (Å²) in [5.74, 6) is -3.57. The molecule has 2 heterocycles. The Bertz CT molecular complexity index is 1610. The second-order valence-electron chi connectivity index (χ2n) is 11.1. The smallest absolute Gasteiger partial charge is 0.416 e. The molecule has 2 aromatic carbocycles. The van der Waals surface area contributed by atoms with Gasteiger partial charge in [0.1, 0.15) is 25.1 Å². The van der Waals surface area contributed by atoms with Gasteiger partial charge in [0.05, 0.1) is 29.8 Å². The van der Waals surface area contributed by atoms with E-state index >= 15 is 0 Å². The predicted molar refractivity (Wildman–Crippen MR) is 163 cm³/mol. The normalized spacial score (nSPS) is 16.7. The lowest BCUT2D eigenvalue weighted by Crippen LogP contribution is -2.49. The molecule has 1 fully saturated rings. The number of benzene rings is 2. The van der Waals surface area contributed by atoms with Crippen LogP contribution in [0.25, 0.3) is 0 Å². The Morgan fingerprint density at radius 3 is 2.20 bits per heavy atom. The number of aliphatic carboxylic acids is 1. The van der Waals surface area contributed by atoms with Crippen molar-refractivity contribution in [1.82, 2.24) is 20.5 Å². The van der Waals surface area contributed by atoms with E-state index in [4.69, 9.17) is 9.47 Å². The highest BCUT2D eigenvalue weighted by molar-refractivity contribution is 5.97. The number of carbonyl (C=O) groups excluding carboxylic acids is 3. The third-order valence-corrected chi connectivity index (χ3v) is 7.41. The molecule has 0 aliphatic carbocycles. The largest absolute Gasteiger partial charge is 0.480 e. The number of nitrogens with zero attached hydrogens (tertiary/aromatic N) is 2. The molecular weight excluding hydrogens is 680 g/mol. The number of nitrogens with one attached hydrogen (secondary N) is 3. The van der Waals surface area contributed by atoms with Crippen molar-refractivity contribution in [3.05, 3.63) is 95.2 Å². The van der Waals surface area contributed by atoms with Crippen molar-refractivity contribution in [3.63, 3.8) is 0 Å². The van der Waals surface area contributed by atoms with Gasteiger partial charge in [0.15, 0.2) is 0 Å². The van der Waals surface area contributed by atoms with Crippen LogP contribution < -0.4 is 16.0 Å². The lowest BCUT2D eigenvalue weighted by atomic mass is 10.0. The number of anilines is 1. The van der Waals surface area contributed by atoms with E-state index in [0.717, 1.165) is 5.56 Å². The summed E-state index contributed by atoms with van der Waals surface area (Å²) in [6, 6.07) is 12.0. The maximum absolute atomic E-state index is 13.2. The van der Waals surface area contributed by atoms with E-state index in [1.54, 1.807) is 48.7 Å². The van der Waals surface area contributed by atoms with Gasteiger partial charge in [-0.25, -0.2) is 14.6 Å². The van der Waals surface area contributed by atoms with Crippen LogP contribution in [0.15, 0.2) is 72.9 Å². The third kappa shape index (κ3) is 10.8. The van der Waals surface area contributed by atoms with E-state index in [1.807, 2.05) is 11.4 Å². The summed E-state index contributed by atoms with van der Waals surface area (Å²) in [6.07, 6.45) is -9.88. The van der Waals surface area contributed by atoms with Gasteiger partial charge in [-0.2, -0.15) is 26.3 Å². The molecule has 18 heteroatoms. The Morgan fingerprint density at radius 2 is 1.60 bits per heavy atom. The number of pyridine rings is 1. The summed E-state index contributed by atoms with van der Waals surface area (Å²) in [7, 11) is 0. The molecule has 1 saturated heterocycles. The van der Waals surface area contributed by atoms with Crippen molar-refractivity contribution in [2.24, 2.45) is 0 Å². The maximum Gasteiger partial charge on any atom is 0.416 e. The average Bonchev–Trinajstić information content (AvgIpc) is 3.50. The summed E-state index contributed by atoms with van der Waals surface area (Å²) >= 11 is 0. The predicted octanol–water partition coefficient (Wildman–Crippen LogP) is 4.33. The molecule has 4 rings (SSSR count). The fourth-order valence-corrected chi connectivity index (χ4v) is 4.89. The average molecular weight is 712 g/mol. The van der Waals surface area contributed by atoms with Gasteiger partial charge in [-0.3, -0.25) is 9.59 Å². The number of likely N-dealkylation sites (tertiary alicyclic amines) is 1. The highest BCUT2D eigenvalue weighted by atomic mass is 19.4. The molecule has 0 saturated carbocycles. The summed E-state index contributed by atoms with van der Waals surface area (Å²) < 4.78 is 90.3. The molecule has 3 atom stereocenters. The number of carboxylic acid groups (broad SMARTS) is 1. The van der Waals surface area contributed by atoms with E-state index in [1.165, 1.54) is 4.90 Å². The number of aromatic nitrogens is 1. The first-order valence-corrected chi connectivity index (χ1v) is 14.9. The molecule has 4 N–H and O–H groups in total. The second kappa shape index (κ2) is 16.3. The van der Waals surface area contributed by atoms with Gasteiger partial charge in [0.25, 0.3) is 5.91 Å². The summed E-state index contributed by atoms with van der Waals surface area (Å²) in [4.78, 5) is 55.5. The van der Waals surface area contributed by atoms with Crippen LogP contribution in [0.4, 0.5) is 37.0 Å². The molecule has 0 bridgehead atoms. The molecular formula is C32H31F6N5O7. The number of hydrogen-bond donors (Lipinski definition) is 4. The summed E-state index contributed by atoms with van der Waals surface area (Å²) in [5, 5.41) is 16.6. The minimum atomic E-state index is -5.23. The molecule has 1 aliphatic rings. The molecule has 1 aliphatic heterocycles. The van der Waals surface area contributed by atoms with E-state index in [2.05, 4.69) is 15.6 Å². The van der Waals surface area contributed by atoms with Crippen molar-refractivity contribution >= 4 is 29.7 Å². The van der Waals surface area contributed by atoms with Crippen molar-refractivity contribution < 1.29 is 60.1 Å². The number of rotatable bonds is 13. The Labute approximate surface area is 280 Å². The summed E-state index contributed by atoms with van der Waals surface area (Å²) in [6.45, 7) is -1.07. The van der Waals surface area contributed by atoms with E-state index < -0.39 is 84.3 Å². The van der Waals surface area contributed by atoms with Crippen LogP contribution in [0.1, 0.15) is 33.5 Å². The number of ether oxygens (including phenoxy) is 2. The molecule has 12 nitrogen and oxygen atoms in total. The molecule has 0 radical (unpaired) electrons. The molecule has 3 aromatic rings. The minimum Gasteiger partial charge on any atom is -0.480 e. The van der Waals surface area contributed by atoms with Crippen LogP contribution in [-0.2, 0) is 38.0 Å². The highest BCUT2D eigenvalue weighted by Gasteiger charge is 2.39. The Balaban J connectivity index is 1.33. The van der Waals surface area contributed by atoms with Crippen LogP contribution >= 0.6 is 0 Å². The van der Waals surface area contributed by atoms with Gasteiger partial charge >= 0.3 is 24.4 Å². The van der Waals surface area contributed by atoms with Gasteiger partial charge in [0, 0.05) is 24.8 Å². The quantitative estimate of drug-likeness (QED) is 0.190. The monoisotopic (exact) mass is 711 g/mol. The molecule has 3 amide bonds. The molecule has 3 unspecified atom stereocenters. The van der Waals surface area contributed by atoms with Crippen LogP contribution in [0, 0.1) is 0 Å². The van der Waals surface area contributed by atoms with Gasteiger partial charge in [-0.1, -0.05) is 36.4 Å². The first-order valence-electron chi connectivity index (χ1n) is 14.9. The first kappa shape index (κ1) is 37.4. The number of carboxylic acids is 1. The lowest BCUT2D eigenvalue weighted by molar-refractivity contribution is -0.143. The number of amides is 3. The van der Waals surface area contributed by atoms with Crippen molar-refractivity contribution in [3.8, 4) is 0 Å². The fraction of sp³-hybridized carbons (Fsp3) is 0.344. The Kier molecular flexibility index (Phi) is 12.2. The maximum atomic E-state index is 13.2. The van der Waals surface area contributed by atoms with Crippen LogP contribution in [0.3, 0.4) is 0 Å². The first-order chi connectivity index (χ1) is 23.6. The van der Waals surface area contributed by atoms with Gasteiger partial charge in [-0.05, 0) is 42.3 Å². The zero-order valence-corrected chi connectivity index (χ0v) is 26.0. The van der Waals surface area contributed by atoms with Crippen molar-refractivity contribution in [2.75, 3.05) is 31.6 Å². The van der Waals surface area contributed by atoms with Gasteiger partial charge in [0.2, 0.25) is 5.91 Å². The number of carbonyl (C=O) groups is 4. The van der Waals surface area contributed by atoms with Gasteiger partial charge in [-0.15, -0.1) is 0 Å².